The molecule has 3 rings (SSSR count). The van der Waals surface area contributed by atoms with Crippen LogP contribution in [0.1, 0.15) is 15.9 Å². The van der Waals surface area contributed by atoms with Crippen LogP contribution in [0.2, 0.25) is 0 Å². The fraction of sp³-hybridized carbons (Fsp3) is 0.0952. The van der Waals surface area contributed by atoms with E-state index in [2.05, 4.69) is 10.6 Å². The van der Waals surface area contributed by atoms with Gasteiger partial charge in [0.05, 0.1) is 4.90 Å². The van der Waals surface area contributed by atoms with Crippen molar-refractivity contribution in [3.63, 3.8) is 0 Å². The molecule has 0 saturated carbocycles. The normalized spacial score (nSPS) is 11.0. The lowest BCUT2D eigenvalue weighted by atomic mass is 10.1. The number of anilines is 2. The van der Waals surface area contributed by atoms with Crippen molar-refractivity contribution in [1.82, 2.24) is 0 Å². The Balaban J connectivity index is 1.50. The molecule has 0 bridgehead atoms. The van der Waals surface area contributed by atoms with Gasteiger partial charge in [-0.25, -0.2) is 13.6 Å². The highest BCUT2D eigenvalue weighted by Gasteiger charge is 2.07. The first-order valence-corrected chi connectivity index (χ1v) is 10.3. The van der Waals surface area contributed by atoms with Gasteiger partial charge in [-0.2, -0.15) is 0 Å². The van der Waals surface area contributed by atoms with Gasteiger partial charge in [-0.3, -0.25) is 4.79 Å². The number of rotatable bonds is 7. The summed E-state index contributed by atoms with van der Waals surface area (Å²) in [6, 6.07) is 23.0. The smallest absolute Gasteiger partial charge is 0.255 e. The van der Waals surface area contributed by atoms with Crippen molar-refractivity contribution in [1.29, 1.82) is 0 Å². The van der Waals surface area contributed by atoms with Crippen molar-refractivity contribution in [3.05, 3.63) is 90.0 Å². The standard InChI is InChI=1S/C21H21N3O3S/c22-28(26,27)20-12-6-16(7-13-20)14-15-23-18-8-10-19(11-9-18)24-21(25)17-4-2-1-3-5-17/h1-13,23H,14-15H2,(H,24,25)(H2,22,26,27). The van der Waals surface area contributed by atoms with Crippen molar-refractivity contribution in [3.8, 4) is 0 Å². The van der Waals surface area contributed by atoms with Gasteiger partial charge in [-0.05, 0) is 60.5 Å². The highest BCUT2D eigenvalue weighted by molar-refractivity contribution is 7.89. The first-order valence-electron chi connectivity index (χ1n) is 8.74. The van der Waals surface area contributed by atoms with Crippen molar-refractivity contribution in [2.24, 2.45) is 5.14 Å². The predicted molar refractivity (Wildman–Crippen MR) is 111 cm³/mol. The van der Waals surface area contributed by atoms with E-state index in [0.29, 0.717) is 12.1 Å². The number of benzene rings is 3. The third-order valence-electron chi connectivity index (χ3n) is 4.17. The average Bonchev–Trinajstić information content (AvgIpc) is 2.70. The van der Waals surface area contributed by atoms with E-state index in [4.69, 9.17) is 5.14 Å². The Kier molecular flexibility index (Phi) is 6.08. The Hall–Kier alpha value is -3.16. The molecular weight excluding hydrogens is 374 g/mol. The van der Waals surface area contributed by atoms with Gasteiger partial charge in [0, 0.05) is 23.5 Å². The van der Waals surface area contributed by atoms with Gasteiger partial charge >= 0.3 is 0 Å². The molecule has 7 heteroatoms. The molecule has 3 aromatic carbocycles. The van der Waals surface area contributed by atoms with E-state index in [9.17, 15) is 13.2 Å². The lowest BCUT2D eigenvalue weighted by molar-refractivity contribution is 0.102. The summed E-state index contributed by atoms with van der Waals surface area (Å²) in [6.07, 6.45) is 0.734. The number of carbonyl (C=O) groups excluding carboxylic acids is 1. The van der Waals surface area contributed by atoms with E-state index in [-0.39, 0.29) is 10.8 Å². The van der Waals surface area contributed by atoms with Gasteiger partial charge < -0.3 is 10.6 Å². The molecule has 0 spiro atoms. The Labute approximate surface area is 164 Å². The number of nitrogens with one attached hydrogen (secondary N) is 2. The van der Waals surface area contributed by atoms with Crippen LogP contribution in [0.15, 0.2) is 83.8 Å². The van der Waals surface area contributed by atoms with Gasteiger partial charge in [-0.1, -0.05) is 30.3 Å². The van der Waals surface area contributed by atoms with Gasteiger partial charge in [0.15, 0.2) is 0 Å². The first-order chi connectivity index (χ1) is 13.4. The molecule has 3 aromatic rings. The van der Waals surface area contributed by atoms with Crippen LogP contribution in [-0.2, 0) is 16.4 Å². The summed E-state index contributed by atoms with van der Waals surface area (Å²) in [4.78, 5) is 12.3. The maximum atomic E-state index is 12.1. The van der Waals surface area contributed by atoms with Gasteiger partial charge in [0.2, 0.25) is 10.0 Å². The third kappa shape index (κ3) is 5.42. The van der Waals surface area contributed by atoms with Crippen LogP contribution in [0.25, 0.3) is 0 Å². The number of carbonyl (C=O) groups is 1. The SMILES string of the molecule is NS(=O)(=O)c1ccc(CCNc2ccc(NC(=O)c3ccccc3)cc2)cc1. The number of hydrogen-bond donors (Lipinski definition) is 3. The summed E-state index contributed by atoms with van der Waals surface area (Å²) < 4.78 is 22.5. The van der Waals surface area contributed by atoms with Gasteiger partial charge in [-0.15, -0.1) is 0 Å². The average molecular weight is 395 g/mol. The topological polar surface area (TPSA) is 101 Å². The molecule has 0 fully saturated rings. The molecule has 0 heterocycles. The lowest BCUT2D eigenvalue weighted by Gasteiger charge is -2.09. The third-order valence-corrected chi connectivity index (χ3v) is 5.10. The van der Waals surface area contributed by atoms with E-state index in [1.807, 2.05) is 42.5 Å². The molecule has 1 amide bonds. The minimum Gasteiger partial charge on any atom is -0.385 e. The zero-order valence-electron chi connectivity index (χ0n) is 15.1. The van der Waals surface area contributed by atoms with Crippen molar-refractivity contribution < 1.29 is 13.2 Å². The van der Waals surface area contributed by atoms with Crippen LogP contribution in [0.5, 0.6) is 0 Å². The summed E-state index contributed by atoms with van der Waals surface area (Å²) in [5, 5.41) is 11.2. The largest absolute Gasteiger partial charge is 0.385 e. The molecule has 28 heavy (non-hydrogen) atoms. The van der Waals surface area contributed by atoms with E-state index in [1.54, 1.807) is 24.3 Å². The van der Waals surface area contributed by atoms with Crippen molar-refractivity contribution in [2.75, 3.05) is 17.2 Å². The summed E-state index contributed by atoms with van der Waals surface area (Å²) in [7, 11) is -3.66. The van der Waals surface area contributed by atoms with Crippen LogP contribution in [0.3, 0.4) is 0 Å². The first kappa shape index (κ1) is 19.6. The second-order valence-electron chi connectivity index (χ2n) is 6.26. The van der Waals surface area contributed by atoms with Crippen molar-refractivity contribution in [2.45, 2.75) is 11.3 Å². The fourth-order valence-electron chi connectivity index (χ4n) is 2.66. The monoisotopic (exact) mass is 395 g/mol. The molecule has 0 unspecified atom stereocenters. The zero-order valence-corrected chi connectivity index (χ0v) is 15.9. The van der Waals surface area contributed by atoms with Crippen LogP contribution in [-0.4, -0.2) is 20.9 Å². The van der Waals surface area contributed by atoms with E-state index in [0.717, 1.165) is 23.4 Å². The van der Waals surface area contributed by atoms with E-state index in [1.165, 1.54) is 12.1 Å². The molecule has 0 aliphatic rings. The van der Waals surface area contributed by atoms with Gasteiger partial charge in [0.25, 0.3) is 5.91 Å². The maximum Gasteiger partial charge on any atom is 0.255 e. The fourth-order valence-corrected chi connectivity index (χ4v) is 3.18. The number of hydrogen-bond acceptors (Lipinski definition) is 4. The highest BCUT2D eigenvalue weighted by Crippen LogP contribution is 2.15. The molecule has 144 valence electrons. The second-order valence-corrected chi connectivity index (χ2v) is 7.82. The molecule has 0 aliphatic carbocycles. The van der Waals surface area contributed by atoms with Crippen LogP contribution >= 0.6 is 0 Å². The maximum absolute atomic E-state index is 12.1. The number of amides is 1. The predicted octanol–water partition coefficient (Wildman–Crippen LogP) is 3.24. The Morgan fingerprint density at radius 1 is 0.821 bits per heavy atom. The Bertz CT molecular complexity index is 1030. The Morgan fingerprint density at radius 2 is 1.43 bits per heavy atom. The molecule has 0 saturated heterocycles. The number of nitrogens with two attached hydrogens (primary N) is 1. The quantitative estimate of drug-likeness (QED) is 0.572. The number of sulfonamides is 1. The summed E-state index contributed by atoms with van der Waals surface area (Å²) in [5.41, 5.74) is 3.27. The Morgan fingerprint density at radius 3 is 2.04 bits per heavy atom. The molecule has 0 aliphatic heterocycles. The van der Waals surface area contributed by atoms with E-state index >= 15 is 0 Å². The molecule has 0 radical (unpaired) electrons. The number of primary sulfonamides is 1. The van der Waals surface area contributed by atoms with Crippen LogP contribution < -0.4 is 15.8 Å². The van der Waals surface area contributed by atoms with E-state index < -0.39 is 10.0 Å². The van der Waals surface area contributed by atoms with Crippen molar-refractivity contribution >= 4 is 27.3 Å². The second kappa shape index (κ2) is 8.69. The summed E-state index contributed by atoms with van der Waals surface area (Å²) in [6.45, 7) is 0.685. The molecule has 0 aromatic heterocycles. The molecule has 0 atom stereocenters. The highest BCUT2D eigenvalue weighted by atomic mass is 32.2. The summed E-state index contributed by atoms with van der Waals surface area (Å²) >= 11 is 0. The summed E-state index contributed by atoms with van der Waals surface area (Å²) in [5.74, 6) is -0.149. The molecule has 4 N–H and O–H groups in total. The minimum absolute atomic E-state index is 0.109. The molecular formula is C21H21N3O3S. The van der Waals surface area contributed by atoms with Crippen LogP contribution in [0, 0.1) is 0 Å². The minimum atomic E-state index is -3.66. The lowest BCUT2D eigenvalue weighted by Crippen LogP contribution is -2.12. The molecule has 6 nitrogen and oxygen atoms in total. The zero-order chi connectivity index (χ0) is 20.0. The van der Waals surface area contributed by atoms with Gasteiger partial charge in [0.1, 0.15) is 0 Å². The van der Waals surface area contributed by atoms with Crippen LogP contribution in [0.4, 0.5) is 11.4 Å².